The van der Waals surface area contributed by atoms with E-state index in [9.17, 15) is 29.1 Å². The summed E-state index contributed by atoms with van der Waals surface area (Å²) < 4.78 is 0. The number of amides is 4. The van der Waals surface area contributed by atoms with E-state index in [1.165, 1.54) is 38.1 Å². The highest BCUT2D eigenvalue weighted by atomic mass is 16.4. The summed E-state index contributed by atoms with van der Waals surface area (Å²) in [5.41, 5.74) is -1.39. The summed E-state index contributed by atoms with van der Waals surface area (Å²) >= 11 is 0. The molecule has 2 saturated heterocycles. The molecule has 2 heterocycles. The number of carbonyl (C=O) groups is 5. The Morgan fingerprint density at radius 3 is 2.35 bits per heavy atom. The van der Waals surface area contributed by atoms with Gasteiger partial charge in [0.2, 0.25) is 23.4 Å². The molecule has 0 bridgehead atoms. The van der Waals surface area contributed by atoms with Crippen LogP contribution in [-0.4, -0.2) is 71.4 Å². The highest BCUT2D eigenvalue weighted by Crippen LogP contribution is 2.22. The van der Waals surface area contributed by atoms with Gasteiger partial charge in [0.05, 0.1) is 5.92 Å². The fraction of sp³-hybridized carbons (Fsp3) is 0.577. The molecule has 1 aromatic rings. The topological polar surface area (TPSA) is 157 Å². The monoisotopic (exact) mass is 515 g/mol. The Balaban J connectivity index is 1.57. The maximum atomic E-state index is 13.0. The van der Waals surface area contributed by atoms with E-state index in [4.69, 9.17) is 0 Å². The molecule has 37 heavy (non-hydrogen) atoms. The van der Waals surface area contributed by atoms with Gasteiger partial charge in [0.15, 0.2) is 0 Å². The van der Waals surface area contributed by atoms with Gasteiger partial charge in [0.1, 0.15) is 0 Å². The van der Waals surface area contributed by atoms with Crippen LogP contribution in [0.3, 0.4) is 0 Å². The molecule has 4 amide bonds. The number of carboxylic acid groups (broad SMARTS) is 1. The van der Waals surface area contributed by atoms with E-state index in [1.807, 2.05) is 0 Å². The van der Waals surface area contributed by atoms with Gasteiger partial charge >= 0.3 is 5.97 Å². The Hall–Kier alpha value is -3.47. The van der Waals surface area contributed by atoms with Gasteiger partial charge in [-0.2, -0.15) is 0 Å². The number of nitrogens with one attached hydrogen (secondary N) is 4. The summed E-state index contributed by atoms with van der Waals surface area (Å²) in [6, 6.07) is 5.93. The third kappa shape index (κ3) is 8.01. The smallest absolute Gasteiger partial charge is 0.350 e. The molecule has 2 aliphatic heterocycles. The van der Waals surface area contributed by atoms with Crippen molar-refractivity contribution < 1.29 is 29.1 Å². The Morgan fingerprint density at radius 2 is 1.73 bits per heavy atom. The number of hydrogen-bond donors (Lipinski definition) is 5. The molecular weight excluding hydrogens is 478 g/mol. The molecule has 0 radical (unpaired) electrons. The number of carbonyl (C=O) groups excluding carboxylic acids is 4. The second-order valence-corrected chi connectivity index (χ2v) is 10.0. The highest BCUT2D eigenvalue weighted by Gasteiger charge is 2.39. The second-order valence-electron chi connectivity index (χ2n) is 10.0. The predicted octanol–water partition coefficient (Wildman–Crippen LogP) is 1.31. The Bertz CT molecular complexity index is 1010. The Labute approximate surface area is 216 Å². The molecule has 3 rings (SSSR count). The van der Waals surface area contributed by atoms with E-state index in [2.05, 4.69) is 21.3 Å². The SMILES string of the molecule is CC(=O)Nc1ccc(C(=O)N[C@@](C)(NC(=O)C2CCCN(C(=O)CCC3CCNCC3)C2)C(=O)O)cc1. The van der Waals surface area contributed by atoms with Crippen LogP contribution in [0, 0.1) is 11.8 Å². The van der Waals surface area contributed by atoms with Crippen LogP contribution in [0.4, 0.5) is 5.69 Å². The lowest BCUT2D eigenvalue weighted by Gasteiger charge is -2.35. The third-order valence-electron chi connectivity index (χ3n) is 7.00. The molecule has 11 nitrogen and oxygen atoms in total. The normalized spacial score (nSPS) is 19.8. The first-order chi connectivity index (χ1) is 17.6. The van der Waals surface area contributed by atoms with E-state index in [0.717, 1.165) is 32.4 Å². The number of benzene rings is 1. The zero-order chi connectivity index (χ0) is 27.0. The lowest BCUT2D eigenvalue weighted by Crippen LogP contribution is -2.65. The maximum Gasteiger partial charge on any atom is 0.350 e. The van der Waals surface area contributed by atoms with Gasteiger partial charge in [-0.15, -0.1) is 0 Å². The van der Waals surface area contributed by atoms with Gasteiger partial charge in [-0.1, -0.05) is 0 Å². The van der Waals surface area contributed by atoms with Crippen LogP contribution in [0.15, 0.2) is 24.3 Å². The van der Waals surface area contributed by atoms with Gasteiger partial charge in [0.25, 0.3) is 5.91 Å². The summed E-state index contributed by atoms with van der Waals surface area (Å²) in [6.07, 6.45) is 4.59. The van der Waals surface area contributed by atoms with E-state index in [0.29, 0.717) is 37.4 Å². The van der Waals surface area contributed by atoms with Gasteiger partial charge in [-0.3, -0.25) is 19.2 Å². The minimum atomic E-state index is -2.05. The number of hydrogen-bond acceptors (Lipinski definition) is 6. The summed E-state index contributed by atoms with van der Waals surface area (Å²) in [6.45, 7) is 5.33. The first-order valence-corrected chi connectivity index (χ1v) is 12.8. The molecule has 0 aliphatic carbocycles. The number of likely N-dealkylation sites (tertiary alicyclic amines) is 1. The Kier molecular flexibility index (Phi) is 9.62. The largest absolute Gasteiger partial charge is 0.478 e. The Morgan fingerprint density at radius 1 is 1.05 bits per heavy atom. The van der Waals surface area contributed by atoms with Crippen molar-refractivity contribution in [1.29, 1.82) is 0 Å². The van der Waals surface area contributed by atoms with Crippen LogP contribution in [0.5, 0.6) is 0 Å². The first-order valence-electron chi connectivity index (χ1n) is 12.8. The van der Waals surface area contributed by atoms with Crippen LogP contribution in [0.2, 0.25) is 0 Å². The number of nitrogens with zero attached hydrogens (tertiary/aromatic N) is 1. The summed E-state index contributed by atoms with van der Waals surface area (Å²) in [7, 11) is 0. The van der Waals surface area contributed by atoms with Gasteiger partial charge in [-0.05, 0) is 82.3 Å². The lowest BCUT2D eigenvalue weighted by molar-refractivity contribution is -0.149. The van der Waals surface area contributed by atoms with E-state index < -0.39 is 29.4 Å². The molecule has 202 valence electrons. The molecule has 2 atom stereocenters. The average molecular weight is 516 g/mol. The molecule has 1 aromatic carbocycles. The zero-order valence-corrected chi connectivity index (χ0v) is 21.5. The quantitative estimate of drug-likeness (QED) is 0.310. The van der Waals surface area contributed by atoms with Crippen molar-refractivity contribution >= 4 is 35.3 Å². The first kappa shape index (κ1) is 28.1. The summed E-state index contributed by atoms with van der Waals surface area (Å²) in [5.74, 6) is -2.91. The van der Waals surface area contributed by atoms with Crippen LogP contribution in [-0.2, 0) is 19.2 Å². The van der Waals surface area contributed by atoms with E-state index in [-0.39, 0.29) is 23.9 Å². The predicted molar refractivity (Wildman–Crippen MR) is 137 cm³/mol. The van der Waals surface area contributed by atoms with Crippen LogP contribution in [0.1, 0.15) is 62.7 Å². The fourth-order valence-corrected chi connectivity index (χ4v) is 4.77. The average Bonchev–Trinajstić information content (AvgIpc) is 2.87. The van der Waals surface area contributed by atoms with Crippen molar-refractivity contribution in [2.45, 2.75) is 58.0 Å². The lowest BCUT2D eigenvalue weighted by atomic mass is 9.92. The van der Waals surface area contributed by atoms with Crippen LogP contribution < -0.4 is 21.3 Å². The fourth-order valence-electron chi connectivity index (χ4n) is 4.77. The van der Waals surface area contributed by atoms with E-state index >= 15 is 0 Å². The number of rotatable bonds is 9. The molecule has 2 fully saturated rings. The van der Waals surface area contributed by atoms with E-state index in [1.54, 1.807) is 4.90 Å². The number of carboxylic acids is 1. The molecule has 0 spiro atoms. The maximum absolute atomic E-state index is 13.0. The van der Waals surface area contributed by atoms with Crippen LogP contribution >= 0.6 is 0 Å². The molecule has 1 unspecified atom stereocenters. The van der Waals surface area contributed by atoms with Crippen molar-refractivity contribution in [1.82, 2.24) is 20.9 Å². The molecule has 0 saturated carbocycles. The highest BCUT2D eigenvalue weighted by molar-refractivity contribution is 5.99. The minimum Gasteiger partial charge on any atom is -0.478 e. The number of piperidine rings is 2. The van der Waals surface area contributed by atoms with Crippen molar-refractivity contribution in [2.24, 2.45) is 11.8 Å². The summed E-state index contributed by atoms with van der Waals surface area (Å²) in [4.78, 5) is 63.5. The molecule has 0 aromatic heterocycles. The number of anilines is 1. The second kappa shape index (κ2) is 12.7. The summed E-state index contributed by atoms with van der Waals surface area (Å²) in [5, 5.41) is 20.6. The van der Waals surface area contributed by atoms with Crippen molar-refractivity contribution in [3.8, 4) is 0 Å². The van der Waals surface area contributed by atoms with Gasteiger partial charge in [0, 0.05) is 37.7 Å². The van der Waals surface area contributed by atoms with Crippen molar-refractivity contribution in [3.63, 3.8) is 0 Å². The molecule has 2 aliphatic rings. The van der Waals surface area contributed by atoms with Gasteiger partial charge in [-0.25, -0.2) is 4.79 Å². The molecule has 11 heteroatoms. The standard InChI is InChI=1S/C26H37N5O6/c1-17(32)28-21-8-6-19(7-9-21)23(34)29-26(2,25(36)37)30-24(35)20-4-3-15-31(16-20)22(33)10-5-18-11-13-27-14-12-18/h6-9,18,20,27H,3-5,10-16H2,1-2H3,(H,28,32)(H,29,34)(H,30,35)(H,36,37)/t20?,26-/m0/s1. The molecule has 5 N–H and O–H groups in total. The number of aliphatic carboxylic acids is 1. The zero-order valence-electron chi connectivity index (χ0n) is 21.5. The third-order valence-corrected chi connectivity index (χ3v) is 7.00. The molecular formula is C26H37N5O6. The van der Waals surface area contributed by atoms with Crippen molar-refractivity contribution in [3.05, 3.63) is 29.8 Å². The van der Waals surface area contributed by atoms with Crippen molar-refractivity contribution in [2.75, 3.05) is 31.5 Å². The minimum absolute atomic E-state index is 0.0213. The van der Waals surface area contributed by atoms with Crippen LogP contribution in [0.25, 0.3) is 0 Å². The van der Waals surface area contributed by atoms with Gasteiger partial charge < -0.3 is 31.3 Å².